The van der Waals surface area contributed by atoms with Crippen molar-refractivity contribution in [1.82, 2.24) is 0 Å². The smallest absolute Gasteiger partial charge is 0.123 e. The third-order valence-corrected chi connectivity index (χ3v) is 4.63. The highest BCUT2D eigenvalue weighted by Gasteiger charge is 2.34. The van der Waals surface area contributed by atoms with Gasteiger partial charge in [-0.15, -0.1) is 11.6 Å². The summed E-state index contributed by atoms with van der Waals surface area (Å²) in [6.07, 6.45) is 0. The molecule has 0 atom stereocenters. The van der Waals surface area contributed by atoms with Gasteiger partial charge in [-0.25, -0.2) is 8.78 Å². The highest BCUT2D eigenvalue weighted by atomic mass is 35.5. The minimum absolute atomic E-state index is 0.341. The number of methoxy groups -OCH3 is 1. The van der Waals surface area contributed by atoms with Gasteiger partial charge in [0.15, 0.2) is 0 Å². The van der Waals surface area contributed by atoms with Gasteiger partial charge in [0.2, 0.25) is 0 Å². The minimum atomic E-state index is -1.06. The van der Waals surface area contributed by atoms with Crippen LogP contribution in [-0.2, 0) is 4.87 Å². The van der Waals surface area contributed by atoms with E-state index in [1.165, 1.54) is 24.3 Å². The maximum atomic E-state index is 13.3. The molecule has 0 aliphatic heterocycles. The highest BCUT2D eigenvalue weighted by Crippen LogP contribution is 2.43. The van der Waals surface area contributed by atoms with Gasteiger partial charge in [0.05, 0.1) is 7.11 Å². The maximum Gasteiger partial charge on any atom is 0.123 e. The maximum absolute atomic E-state index is 13.3. The summed E-state index contributed by atoms with van der Waals surface area (Å²) >= 11 is 7.03. The Morgan fingerprint density at radius 3 is 1.33 bits per heavy atom. The van der Waals surface area contributed by atoms with Gasteiger partial charge in [-0.3, -0.25) is 0 Å². The molecule has 24 heavy (non-hydrogen) atoms. The molecule has 0 bridgehead atoms. The zero-order valence-electron chi connectivity index (χ0n) is 13.0. The zero-order valence-corrected chi connectivity index (χ0v) is 13.7. The molecule has 122 valence electrons. The number of halogens is 3. The summed E-state index contributed by atoms with van der Waals surface area (Å²) in [4.78, 5) is -1.06. The predicted octanol–water partition coefficient (Wildman–Crippen LogP) is 5.50. The van der Waals surface area contributed by atoms with Crippen molar-refractivity contribution in [2.24, 2.45) is 0 Å². The van der Waals surface area contributed by atoms with E-state index in [9.17, 15) is 8.78 Å². The Hall–Kier alpha value is -2.39. The van der Waals surface area contributed by atoms with Crippen LogP contribution < -0.4 is 4.74 Å². The molecule has 1 nitrogen and oxygen atoms in total. The Morgan fingerprint density at radius 1 is 0.667 bits per heavy atom. The van der Waals surface area contributed by atoms with E-state index >= 15 is 0 Å². The van der Waals surface area contributed by atoms with Crippen LogP contribution in [0.1, 0.15) is 16.7 Å². The standard InChI is InChI=1S/C20H15ClF2O/c1-24-19-12-6-16(7-13-19)20(21,14-2-8-17(22)9-3-14)15-4-10-18(23)11-5-15/h2-13H,1H3. The SMILES string of the molecule is COc1ccc(C(Cl)(c2ccc(F)cc2)c2ccc(F)cc2)cc1. The van der Waals surface area contributed by atoms with Crippen molar-refractivity contribution in [2.45, 2.75) is 4.87 Å². The molecule has 0 N–H and O–H groups in total. The van der Waals surface area contributed by atoms with E-state index in [0.29, 0.717) is 16.9 Å². The number of ether oxygens (including phenoxy) is 1. The van der Waals surface area contributed by atoms with Crippen molar-refractivity contribution >= 4 is 11.6 Å². The normalized spacial score (nSPS) is 11.3. The molecule has 3 rings (SSSR count). The third-order valence-electron chi connectivity index (χ3n) is 3.97. The fraction of sp³-hybridized carbons (Fsp3) is 0.100. The molecule has 0 saturated carbocycles. The molecule has 3 aromatic carbocycles. The molecule has 0 radical (unpaired) electrons. The third kappa shape index (κ3) is 3.00. The average molecular weight is 345 g/mol. The van der Waals surface area contributed by atoms with Gasteiger partial charge in [0.25, 0.3) is 0 Å². The first-order valence-corrected chi connectivity index (χ1v) is 7.77. The van der Waals surface area contributed by atoms with Crippen LogP contribution in [-0.4, -0.2) is 7.11 Å². The highest BCUT2D eigenvalue weighted by molar-refractivity contribution is 6.28. The van der Waals surface area contributed by atoms with Crippen LogP contribution >= 0.6 is 11.6 Å². The lowest BCUT2D eigenvalue weighted by atomic mass is 9.84. The van der Waals surface area contributed by atoms with Crippen molar-refractivity contribution < 1.29 is 13.5 Å². The van der Waals surface area contributed by atoms with Gasteiger partial charge in [-0.05, 0) is 53.1 Å². The van der Waals surface area contributed by atoms with E-state index in [1.54, 1.807) is 43.5 Å². The van der Waals surface area contributed by atoms with Crippen LogP contribution in [0.3, 0.4) is 0 Å². The van der Waals surface area contributed by atoms with Crippen molar-refractivity contribution in [3.8, 4) is 5.75 Å². The van der Waals surface area contributed by atoms with Crippen molar-refractivity contribution in [2.75, 3.05) is 7.11 Å². The Bertz CT molecular complexity index is 766. The molecule has 3 aromatic rings. The molecule has 0 aliphatic rings. The van der Waals surface area contributed by atoms with Crippen LogP contribution in [0, 0.1) is 11.6 Å². The van der Waals surface area contributed by atoms with E-state index in [4.69, 9.17) is 16.3 Å². The Balaban J connectivity index is 2.18. The molecule has 0 aromatic heterocycles. The molecular formula is C20H15ClF2O. The molecule has 0 heterocycles. The Kier molecular flexibility index (Phi) is 4.54. The van der Waals surface area contributed by atoms with Crippen molar-refractivity contribution in [3.05, 3.63) is 101 Å². The van der Waals surface area contributed by atoms with Gasteiger partial charge in [-0.2, -0.15) is 0 Å². The second kappa shape index (κ2) is 6.62. The van der Waals surface area contributed by atoms with Gasteiger partial charge in [0, 0.05) is 0 Å². The predicted molar refractivity (Wildman–Crippen MR) is 91.5 cm³/mol. The minimum Gasteiger partial charge on any atom is -0.497 e. The monoisotopic (exact) mass is 344 g/mol. The zero-order chi connectivity index (χ0) is 17.2. The first kappa shape index (κ1) is 16.5. The number of benzene rings is 3. The second-order valence-electron chi connectivity index (χ2n) is 5.40. The molecule has 0 saturated heterocycles. The molecular weight excluding hydrogens is 330 g/mol. The van der Waals surface area contributed by atoms with Crippen LogP contribution in [0.15, 0.2) is 72.8 Å². The number of rotatable bonds is 4. The van der Waals surface area contributed by atoms with Gasteiger partial charge >= 0.3 is 0 Å². The van der Waals surface area contributed by atoms with Crippen LogP contribution in [0.25, 0.3) is 0 Å². The lowest BCUT2D eigenvalue weighted by Gasteiger charge is -2.29. The van der Waals surface area contributed by atoms with Crippen molar-refractivity contribution in [1.29, 1.82) is 0 Å². The Labute approximate surface area is 144 Å². The number of alkyl halides is 1. The second-order valence-corrected chi connectivity index (χ2v) is 5.97. The van der Waals surface area contributed by atoms with Crippen LogP contribution in [0.5, 0.6) is 5.75 Å². The fourth-order valence-electron chi connectivity index (χ4n) is 2.68. The van der Waals surface area contributed by atoms with E-state index in [1.807, 2.05) is 12.1 Å². The lowest BCUT2D eigenvalue weighted by Crippen LogP contribution is -2.22. The number of hydrogen-bond acceptors (Lipinski definition) is 1. The molecule has 0 spiro atoms. The van der Waals surface area contributed by atoms with Crippen LogP contribution in [0.4, 0.5) is 8.78 Å². The first-order chi connectivity index (χ1) is 11.5. The van der Waals surface area contributed by atoms with Crippen LogP contribution in [0.2, 0.25) is 0 Å². The summed E-state index contributed by atoms with van der Waals surface area (Å²) in [7, 11) is 1.59. The summed E-state index contributed by atoms with van der Waals surface area (Å²) in [6.45, 7) is 0. The van der Waals surface area contributed by atoms with E-state index in [0.717, 1.165) is 5.56 Å². The number of hydrogen-bond donors (Lipinski definition) is 0. The molecule has 0 fully saturated rings. The largest absolute Gasteiger partial charge is 0.497 e. The average Bonchev–Trinajstić information content (AvgIpc) is 2.62. The van der Waals surface area contributed by atoms with E-state index < -0.39 is 4.87 Å². The van der Waals surface area contributed by atoms with E-state index in [-0.39, 0.29) is 11.6 Å². The van der Waals surface area contributed by atoms with Gasteiger partial charge in [-0.1, -0.05) is 36.4 Å². The molecule has 0 unspecified atom stereocenters. The molecule has 4 heteroatoms. The molecule has 0 amide bonds. The summed E-state index contributed by atoms with van der Waals surface area (Å²) in [5.41, 5.74) is 2.17. The first-order valence-electron chi connectivity index (χ1n) is 7.39. The van der Waals surface area contributed by atoms with Gasteiger partial charge in [0.1, 0.15) is 22.3 Å². The summed E-state index contributed by atoms with van der Waals surface area (Å²) in [5.74, 6) is 0.0224. The lowest BCUT2D eigenvalue weighted by molar-refractivity contribution is 0.414. The topological polar surface area (TPSA) is 9.23 Å². The summed E-state index contributed by atoms with van der Waals surface area (Å²) in [6, 6.07) is 19.3. The summed E-state index contributed by atoms with van der Waals surface area (Å²) in [5, 5.41) is 0. The quantitative estimate of drug-likeness (QED) is 0.448. The molecule has 0 aliphatic carbocycles. The fourth-order valence-corrected chi connectivity index (χ4v) is 3.06. The Morgan fingerprint density at radius 2 is 1.00 bits per heavy atom. The van der Waals surface area contributed by atoms with E-state index in [2.05, 4.69) is 0 Å². The van der Waals surface area contributed by atoms with Gasteiger partial charge < -0.3 is 4.74 Å². The van der Waals surface area contributed by atoms with Crippen molar-refractivity contribution in [3.63, 3.8) is 0 Å². The summed E-state index contributed by atoms with van der Waals surface area (Å²) < 4.78 is 31.8.